The van der Waals surface area contributed by atoms with Gasteiger partial charge in [0.05, 0.1) is 13.7 Å². The van der Waals surface area contributed by atoms with Gasteiger partial charge in [-0.2, -0.15) is 0 Å². The number of ether oxygens (including phenoxy) is 2. The second-order valence-corrected chi connectivity index (χ2v) is 5.20. The average Bonchev–Trinajstić information content (AvgIpc) is 2.49. The van der Waals surface area contributed by atoms with Crippen molar-refractivity contribution < 1.29 is 19.4 Å². The highest BCUT2D eigenvalue weighted by Gasteiger charge is 2.31. The van der Waals surface area contributed by atoms with E-state index in [2.05, 4.69) is 5.32 Å². The monoisotopic (exact) mass is 295 g/mol. The highest BCUT2D eigenvalue weighted by atomic mass is 16.5. The molecule has 0 aliphatic carbocycles. The highest BCUT2D eigenvalue weighted by Crippen LogP contribution is 2.20. The van der Waals surface area contributed by atoms with E-state index < -0.39 is 11.5 Å². The SMILES string of the molecule is CCCNC(C)(CCCOc1cccc(OC)c1)C(=O)O. The topological polar surface area (TPSA) is 67.8 Å². The van der Waals surface area contributed by atoms with E-state index in [-0.39, 0.29) is 0 Å². The van der Waals surface area contributed by atoms with Crippen LogP contribution in [0.4, 0.5) is 0 Å². The van der Waals surface area contributed by atoms with E-state index in [1.807, 2.05) is 31.2 Å². The lowest BCUT2D eigenvalue weighted by Gasteiger charge is -2.26. The molecule has 0 fully saturated rings. The number of nitrogens with one attached hydrogen (secondary N) is 1. The summed E-state index contributed by atoms with van der Waals surface area (Å²) in [6.07, 6.45) is 2.09. The quantitative estimate of drug-likeness (QED) is 0.650. The van der Waals surface area contributed by atoms with Crippen LogP contribution in [0.25, 0.3) is 0 Å². The van der Waals surface area contributed by atoms with Gasteiger partial charge in [-0.25, -0.2) is 0 Å². The normalized spacial score (nSPS) is 13.5. The Morgan fingerprint density at radius 3 is 2.71 bits per heavy atom. The van der Waals surface area contributed by atoms with E-state index in [1.165, 1.54) is 0 Å². The van der Waals surface area contributed by atoms with Crippen LogP contribution in [0, 0.1) is 0 Å². The largest absolute Gasteiger partial charge is 0.497 e. The summed E-state index contributed by atoms with van der Waals surface area (Å²) >= 11 is 0. The molecular formula is C16H25NO4. The lowest BCUT2D eigenvalue weighted by molar-refractivity contribution is -0.144. The summed E-state index contributed by atoms with van der Waals surface area (Å²) in [5, 5.41) is 12.4. The number of carbonyl (C=O) groups is 1. The Morgan fingerprint density at radius 2 is 2.10 bits per heavy atom. The van der Waals surface area contributed by atoms with Crippen LogP contribution < -0.4 is 14.8 Å². The summed E-state index contributed by atoms with van der Waals surface area (Å²) in [5.74, 6) is 0.651. The first-order valence-corrected chi connectivity index (χ1v) is 7.27. The minimum Gasteiger partial charge on any atom is -0.497 e. The molecule has 0 bridgehead atoms. The maximum absolute atomic E-state index is 11.4. The molecule has 1 atom stereocenters. The van der Waals surface area contributed by atoms with Crippen molar-refractivity contribution in [2.45, 2.75) is 38.6 Å². The number of methoxy groups -OCH3 is 1. The van der Waals surface area contributed by atoms with Crippen LogP contribution in [-0.2, 0) is 4.79 Å². The van der Waals surface area contributed by atoms with Gasteiger partial charge in [0.2, 0.25) is 0 Å². The molecule has 0 spiro atoms. The van der Waals surface area contributed by atoms with Crippen molar-refractivity contribution in [3.8, 4) is 11.5 Å². The van der Waals surface area contributed by atoms with Crippen molar-refractivity contribution in [1.82, 2.24) is 5.32 Å². The van der Waals surface area contributed by atoms with Gasteiger partial charge in [0, 0.05) is 6.07 Å². The van der Waals surface area contributed by atoms with Crippen LogP contribution in [0.2, 0.25) is 0 Å². The second-order valence-electron chi connectivity index (χ2n) is 5.20. The van der Waals surface area contributed by atoms with Crippen LogP contribution >= 0.6 is 0 Å². The Labute approximate surface area is 126 Å². The van der Waals surface area contributed by atoms with Crippen molar-refractivity contribution in [2.24, 2.45) is 0 Å². The van der Waals surface area contributed by atoms with Gasteiger partial charge in [-0.1, -0.05) is 13.0 Å². The maximum Gasteiger partial charge on any atom is 0.323 e. The van der Waals surface area contributed by atoms with Gasteiger partial charge in [0.1, 0.15) is 17.0 Å². The molecule has 0 heterocycles. The molecule has 5 nitrogen and oxygen atoms in total. The van der Waals surface area contributed by atoms with Gasteiger partial charge in [-0.3, -0.25) is 4.79 Å². The summed E-state index contributed by atoms with van der Waals surface area (Å²) in [6, 6.07) is 7.38. The fourth-order valence-electron chi connectivity index (χ4n) is 1.98. The molecule has 1 unspecified atom stereocenters. The molecule has 0 aliphatic heterocycles. The minimum absolute atomic E-state index is 0.476. The smallest absolute Gasteiger partial charge is 0.323 e. The van der Waals surface area contributed by atoms with Gasteiger partial charge >= 0.3 is 5.97 Å². The van der Waals surface area contributed by atoms with Crippen molar-refractivity contribution in [1.29, 1.82) is 0 Å². The first-order valence-electron chi connectivity index (χ1n) is 7.27. The van der Waals surface area contributed by atoms with Crippen LogP contribution in [0.15, 0.2) is 24.3 Å². The van der Waals surface area contributed by atoms with E-state index in [1.54, 1.807) is 14.0 Å². The van der Waals surface area contributed by atoms with E-state index >= 15 is 0 Å². The molecule has 0 radical (unpaired) electrons. The fraction of sp³-hybridized carbons (Fsp3) is 0.562. The molecule has 1 aromatic rings. The molecule has 1 aromatic carbocycles. The number of hydrogen-bond acceptors (Lipinski definition) is 4. The van der Waals surface area contributed by atoms with Crippen LogP contribution in [-0.4, -0.2) is 36.9 Å². The highest BCUT2D eigenvalue weighted by molar-refractivity contribution is 5.78. The number of carboxylic acids is 1. The number of benzene rings is 1. The first-order chi connectivity index (χ1) is 10.0. The third kappa shape index (κ3) is 5.63. The Hall–Kier alpha value is -1.75. The molecule has 5 heteroatoms. The number of carboxylic acid groups (broad SMARTS) is 1. The van der Waals surface area contributed by atoms with Gasteiger partial charge in [-0.15, -0.1) is 0 Å². The van der Waals surface area contributed by atoms with Crippen LogP contribution in [0.5, 0.6) is 11.5 Å². The Morgan fingerprint density at radius 1 is 1.38 bits per heavy atom. The van der Waals surface area contributed by atoms with E-state index in [9.17, 15) is 9.90 Å². The van der Waals surface area contributed by atoms with Crippen molar-refractivity contribution in [3.63, 3.8) is 0 Å². The van der Waals surface area contributed by atoms with Gasteiger partial charge in [-0.05, 0) is 44.9 Å². The zero-order valence-corrected chi connectivity index (χ0v) is 13.0. The molecule has 1 rings (SSSR count). The van der Waals surface area contributed by atoms with Crippen molar-refractivity contribution in [3.05, 3.63) is 24.3 Å². The molecule has 0 saturated heterocycles. The zero-order chi connectivity index (χ0) is 15.7. The van der Waals surface area contributed by atoms with Crippen LogP contribution in [0.1, 0.15) is 33.1 Å². The van der Waals surface area contributed by atoms with Gasteiger partial charge in [0.15, 0.2) is 0 Å². The van der Waals surface area contributed by atoms with Crippen LogP contribution in [0.3, 0.4) is 0 Å². The molecule has 0 amide bonds. The molecule has 0 saturated carbocycles. The average molecular weight is 295 g/mol. The van der Waals surface area contributed by atoms with E-state index in [0.717, 1.165) is 17.9 Å². The van der Waals surface area contributed by atoms with E-state index in [0.29, 0.717) is 26.0 Å². The van der Waals surface area contributed by atoms with E-state index in [4.69, 9.17) is 9.47 Å². The summed E-state index contributed by atoms with van der Waals surface area (Å²) in [4.78, 5) is 11.4. The first kappa shape index (κ1) is 17.3. The van der Waals surface area contributed by atoms with Crippen molar-refractivity contribution >= 4 is 5.97 Å². The Kier molecular flexibility index (Phi) is 7.02. The molecule has 0 aliphatic rings. The number of aliphatic carboxylic acids is 1. The third-order valence-electron chi connectivity index (χ3n) is 3.37. The Balaban J connectivity index is 2.42. The summed E-state index contributed by atoms with van der Waals surface area (Å²) < 4.78 is 10.8. The van der Waals surface area contributed by atoms with Crippen molar-refractivity contribution in [2.75, 3.05) is 20.3 Å². The second kappa shape index (κ2) is 8.52. The molecular weight excluding hydrogens is 270 g/mol. The zero-order valence-electron chi connectivity index (χ0n) is 13.0. The fourth-order valence-corrected chi connectivity index (χ4v) is 1.98. The summed E-state index contributed by atoms with van der Waals surface area (Å²) in [7, 11) is 1.61. The number of hydrogen-bond donors (Lipinski definition) is 2. The van der Waals surface area contributed by atoms with Gasteiger partial charge in [0.25, 0.3) is 0 Å². The standard InChI is InChI=1S/C16H25NO4/c1-4-10-17-16(2,15(18)19)9-6-11-21-14-8-5-7-13(12-14)20-3/h5,7-8,12,17H,4,6,9-11H2,1-3H3,(H,18,19). The lowest BCUT2D eigenvalue weighted by Crippen LogP contribution is -2.49. The third-order valence-corrected chi connectivity index (χ3v) is 3.37. The summed E-state index contributed by atoms with van der Waals surface area (Å²) in [6.45, 7) is 4.90. The molecule has 21 heavy (non-hydrogen) atoms. The molecule has 2 N–H and O–H groups in total. The molecule has 0 aromatic heterocycles. The molecule has 118 valence electrons. The lowest BCUT2D eigenvalue weighted by atomic mass is 9.96. The minimum atomic E-state index is -0.895. The predicted octanol–water partition coefficient (Wildman–Crippen LogP) is 2.70. The maximum atomic E-state index is 11.4. The predicted molar refractivity (Wildman–Crippen MR) is 82.1 cm³/mol. The summed E-state index contributed by atoms with van der Waals surface area (Å²) in [5.41, 5.74) is -0.895. The Bertz CT molecular complexity index is 450. The number of rotatable bonds is 10. The van der Waals surface area contributed by atoms with Gasteiger partial charge < -0.3 is 19.9 Å².